The molecule has 1 saturated heterocycles. The van der Waals surface area contributed by atoms with E-state index >= 15 is 0 Å². The summed E-state index contributed by atoms with van der Waals surface area (Å²) >= 11 is 0. The van der Waals surface area contributed by atoms with Crippen molar-refractivity contribution in [3.8, 4) is 0 Å². The van der Waals surface area contributed by atoms with Crippen LogP contribution >= 0.6 is 0 Å². The van der Waals surface area contributed by atoms with Gasteiger partial charge in [-0.15, -0.1) is 0 Å². The van der Waals surface area contributed by atoms with E-state index in [9.17, 15) is 8.42 Å². The van der Waals surface area contributed by atoms with E-state index < -0.39 is 15.6 Å². The van der Waals surface area contributed by atoms with Crippen LogP contribution in [0.4, 0.5) is 0 Å². The Balaban J connectivity index is 2.46. The van der Waals surface area contributed by atoms with Gasteiger partial charge in [0.1, 0.15) is 0 Å². The largest absolute Gasteiger partial charge is 0.362 e. The van der Waals surface area contributed by atoms with Crippen LogP contribution in [0.1, 0.15) is 12.8 Å². The number of piperidine rings is 1. The third-order valence-electron chi connectivity index (χ3n) is 2.63. The molecule has 1 aliphatic heterocycles. The lowest BCUT2D eigenvalue weighted by atomic mass is 10.1. The molecule has 0 aromatic heterocycles. The Morgan fingerprint density at radius 1 is 1.53 bits per heavy atom. The first-order chi connectivity index (χ1) is 6.93. The van der Waals surface area contributed by atoms with Crippen LogP contribution in [0.3, 0.4) is 0 Å². The fraction of sp³-hybridized carbons (Fsp3) is 1.00. The number of ether oxygens (including phenoxy) is 1. The van der Waals surface area contributed by atoms with Gasteiger partial charge in [0, 0.05) is 19.7 Å². The molecule has 1 rings (SSSR count). The maximum Gasteiger partial charge on any atom is 0.293 e. The van der Waals surface area contributed by atoms with Gasteiger partial charge in [-0.25, -0.2) is 0 Å². The van der Waals surface area contributed by atoms with Gasteiger partial charge in [0.05, 0.1) is 0 Å². The average molecular weight is 238 g/mol. The van der Waals surface area contributed by atoms with E-state index in [1.54, 1.807) is 0 Å². The van der Waals surface area contributed by atoms with Crippen LogP contribution in [0, 0.1) is 0 Å². The van der Waals surface area contributed by atoms with Crippen molar-refractivity contribution >= 4 is 10.1 Å². The number of rotatable bonds is 4. The number of nitrogens with zero attached hydrogens (tertiary/aromatic N) is 1. The van der Waals surface area contributed by atoms with Crippen molar-refractivity contribution < 1.29 is 17.7 Å². The minimum atomic E-state index is -4.12. The van der Waals surface area contributed by atoms with Gasteiger partial charge in [0.15, 0.2) is 5.44 Å². The Labute approximate surface area is 90.1 Å². The van der Waals surface area contributed by atoms with Crippen LogP contribution in [-0.2, 0) is 14.9 Å². The molecule has 15 heavy (non-hydrogen) atoms. The monoisotopic (exact) mass is 238 g/mol. The molecule has 0 saturated carbocycles. The number of hydrogen-bond donors (Lipinski definition) is 2. The molecule has 0 radical (unpaired) electrons. The Hall–Kier alpha value is -0.210. The van der Waals surface area contributed by atoms with Crippen molar-refractivity contribution in [3.63, 3.8) is 0 Å². The highest BCUT2D eigenvalue weighted by Gasteiger charge is 2.27. The summed E-state index contributed by atoms with van der Waals surface area (Å²) in [5.74, 6) is 0. The third kappa shape index (κ3) is 4.04. The van der Waals surface area contributed by atoms with Crippen molar-refractivity contribution in [1.82, 2.24) is 4.90 Å². The van der Waals surface area contributed by atoms with Crippen molar-refractivity contribution in [2.45, 2.75) is 24.3 Å². The Bertz CT molecular complexity index is 285. The van der Waals surface area contributed by atoms with Gasteiger partial charge in [-0.2, -0.15) is 8.42 Å². The summed E-state index contributed by atoms with van der Waals surface area (Å²) in [6.07, 6.45) is 1.70. The summed E-state index contributed by atoms with van der Waals surface area (Å²) in [4.78, 5) is 1.94. The fourth-order valence-electron chi connectivity index (χ4n) is 1.64. The van der Waals surface area contributed by atoms with Gasteiger partial charge in [-0.3, -0.25) is 9.45 Å². The summed E-state index contributed by atoms with van der Waals surface area (Å²) in [6.45, 7) is 1.69. The van der Waals surface area contributed by atoms with Crippen LogP contribution in [-0.4, -0.2) is 56.1 Å². The zero-order chi connectivity index (χ0) is 11.5. The maximum absolute atomic E-state index is 10.9. The van der Waals surface area contributed by atoms with Crippen molar-refractivity contribution in [3.05, 3.63) is 0 Å². The van der Waals surface area contributed by atoms with Crippen molar-refractivity contribution in [1.29, 1.82) is 0 Å². The molecule has 1 atom stereocenters. The molecule has 6 nitrogen and oxygen atoms in total. The molecule has 0 bridgehead atoms. The van der Waals surface area contributed by atoms with Crippen molar-refractivity contribution in [2.75, 3.05) is 26.7 Å². The summed E-state index contributed by atoms with van der Waals surface area (Å²) < 4.78 is 35.3. The zero-order valence-corrected chi connectivity index (χ0v) is 9.61. The Kier molecular flexibility index (Phi) is 4.47. The van der Waals surface area contributed by atoms with E-state index in [2.05, 4.69) is 0 Å². The molecule has 1 heterocycles. The molecule has 0 aromatic rings. The first kappa shape index (κ1) is 12.9. The molecule has 90 valence electrons. The quantitative estimate of drug-likeness (QED) is 0.627. The SMILES string of the molecule is COC(CN1CCC(N)CC1)S(=O)(=O)O. The maximum atomic E-state index is 10.9. The molecule has 1 fully saturated rings. The van der Waals surface area contributed by atoms with Gasteiger partial charge in [0.2, 0.25) is 0 Å². The second kappa shape index (κ2) is 5.22. The van der Waals surface area contributed by atoms with Gasteiger partial charge in [-0.05, 0) is 25.9 Å². The number of methoxy groups -OCH3 is 1. The van der Waals surface area contributed by atoms with E-state index in [-0.39, 0.29) is 12.6 Å². The molecule has 7 heteroatoms. The predicted molar refractivity (Wildman–Crippen MR) is 56.0 cm³/mol. The fourth-order valence-corrected chi connectivity index (χ4v) is 2.28. The molecule has 0 aromatic carbocycles. The third-order valence-corrected chi connectivity index (χ3v) is 3.64. The van der Waals surface area contributed by atoms with Gasteiger partial charge >= 0.3 is 0 Å². The highest BCUT2D eigenvalue weighted by molar-refractivity contribution is 7.86. The second-order valence-corrected chi connectivity index (χ2v) is 5.37. The molecular formula is C8H18N2O4S. The first-order valence-corrected chi connectivity index (χ1v) is 6.41. The minimum absolute atomic E-state index is 0.196. The van der Waals surface area contributed by atoms with Gasteiger partial charge in [-0.1, -0.05) is 0 Å². The van der Waals surface area contributed by atoms with Crippen LogP contribution in [0.2, 0.25) is 0 Å². The summed E-state index contributed by atoms with van der Waals surface area (Å²) in [5, 5.41) is 0. The van der Waals surface area contributed by atoms with Crippen LogP contribution < -0.4 is 5.73 Å². The van der Waals surface area contributed by atoms with Crippen LogP contribution in [0.15, 0.2) is 0 Å². The molecule has 1 unspecified atom stereocenters. The number of likely N-dealkylation sites (tertiary alicyclic amines) is 1. The lowest BCUT2D eigenvalue weighted by molar-refractivity contribution is 0.0977. The normalized spacial score (nSPS) is 22.9. The number of hydrogen-bond acceptors (Lipinski definition) is 5. The molecule has 1 aliphatic rings. The predicted octanol–water partition coefficient (Wildman–Crippen LogP) is -0.730. The summed E-state index contributed by atoms with van der Waals surface area (Å²) in [7, 11) is -2.85. The molecular weight excluding hydrogens is 220 g/mol. The first-order valence-electron chi connectivity index (χ1n) is 4.90. The molecule has 0 spiro atoms. The Morgan fingerprint density at radius 2 is 2.07 bits per heavy atom. The van der Waals surface area contributed by atoms with Crippen LogP contribution in [0.5, 0.6) is 0 Å². The average Bonchev–Trinajstić information content (AvgIpc) is 2.15. The Morgan fingerprint density at radius 3 is 2.47 bits per heavy atom. The van der Waals surface area contributed by atoms with E-state index in [4.69, 9.17) is 15.0 Å². The number of nitrogens with two attached hydrogens (primary N) is 1. The lowest BCUT2D eigenvalue weighted by Crippen LogP contribution is -2.45. The zero-order valence-electron chi connectivity index (χ0n) is 8.80. The van der Waals surface area contributed by atoms with Crippen molar-refractivity contribution in [2.24, 2.45) is 5.73 Å². The minimum Gasteiger partial charge on any atom is -0.362 e. The smallest absolute Gasteiger partial charge is 0.293 e. The van der Waals surface area contributed by atoms with E-state index in [1.165, 1.54) is 7.11 Å². The summed E-state index contributed by atoms with van der Waals surface area (Å²) in [5.41, 5.74) is 4.56. The standard InChI is InChI=1S/C8H18N2O4S/c1-14-8(15(11,12)13)6-10-4-2-7(9)3-5-10/h7-8H,2-6,9H2,1H3,(H,11,12,13). The van der Waals surface area contributed by atoms with E-state index in [0.29, 0.717) is 0 Å². The molecule has 0 aliphatic carbocycles. The molecule has 3 N–H and O–H groups in total. The van der Waals surface area contributed by atoms with E-state index in [1.807, 2.05) is 4.90 Å². The highest BCUT2D eigenvalue weighted by atomic mass is 32.2. The summed E-state index contributed by atoms with van der Waals surface area (Å²) in [6, 6.07) is 0.202. The highest BCUT2D eigenvalue weighted by Crippen LogP contribution is 2.11. The van der Waals surface area contributed by atoms with Gasteiger partial charge in [0.25, 0.3) is 10.1 Å². The van der Waals surface area contributed by atoms with Crippen LogP contribution in [0.25, 0.3) is 0 Å². The topological polar surface area (TPSA) is 92.9 Å². The van der Waals surface area contributed by atoms with Gasteiger partial charge < -0.3 is 10.5 Å². The second-order valence-electron chi connectivity index (χ2n) is 3.82. The lowest BCUT2D eigenvalue weighted by Gasteiger charge is -2.31. The molecule has 0 amide bonds. The van der Waals surface area contributed by atoms with E-state index in [0.717, 1.165) is 25.9 Å².